The average Bonchev–Trinajstić information content (AvgIpc) is 2.63. The van der Waals surface area contributed by atoms with Gasteiger partial charge in [-0.05, 0) is 42.0 Å². The number of hydrogen-bond donors (Lipinski definition) is 1. The summed E-state index contributed by atoms with van der Waals surface area (Å²) < 4.78 is 11.5. The molecule has 4 nitrogen and oxygen atoms in total. The lowest BCUT2D eigenvalue weighted by atomic mass is 10.2. The van der Waals surface area contributed by atoms with E-state index in [4.69, 9.17) is 26.2 Å². The Balaban J connectivity index is 1.71. The van der Waals surface area contributed by atoms with Crippen molar-refractivity contribution in [3.63, 3.8) is 0 Å². The summed E-state index contributed by atoms with van der Waals surface area (Å²) in [7, 11) is 0. The second-order valence-electron chi connectivity index (χ2n) is 5.30. The number of aromatic carboxylic acids is 1. The van der Waals surface area contributed by atoms with Gasteiger partial charge in [-0.15, -0.1) is 0 Å². The molecule has 3 rings (SSSR count). The Morgan fingerprint density at radius 1 is 0.920 bits per heavy atom. The smallest absolute Gasteiger partial charge is 0.335 e. The molecule has 0 fully saturated rings. The van der Waals surface area contributed by atoms with Crippen LogP contribution in [0, 0.1) is 0 Å². The van der Waals surface area contributed by atoms with Gasteiger partial charge in [0.1, 0.15) is 23.9 Å². The van der Waals surface area contributed by atoms with Crippen molar-refractivity contribution < 1.29 is 19.4 Å². The number of ether oxygens (including phenoxy) is 2. The third-order valence-corrected chi connectivity index (χ3v) is 3.79. The van der Waals surface area contributed by atoms with Crippen LogP contribution in [0.15, 0.2) is 72.8 Å². The second-order valence-corrected chi connectivity index (χ2v) is 5.71. The average molecular weight is 355 g/mol. The molecule has 0 aliphatic carbocycles. The summed E-state index contributed by atoms with van der Waals surface area (Å²) in [5.74, 6) is 0.622. The topological polar surface area (TPSA) is 55.8 Å². The maximum absolute atomic E-state index is 10.9. The summed E-state index contributed by atoms with van der Waals surface area (Å²) in [5, 5.41) is 9.40. The van der Waals surface area contributed by atoms with Crippen LogP contribution in [-0.2, 0) is 6.61 Å². The minimum atomic E-state index is -0.977. The van der Waals surface area contributed by atoms with Crippen molar-refractivity contribution >= 4 is 17.6 Å². The molecule has 0 aliphatic rings. The van der Waals surface area contributed by atoms with E-state index in [9.17, 15) is 4.79 Å². The SMILES string of the molecule is O=C(O)c1ccc(Oc2ccc(Cl)c(OCc3ccccc3)c2)cc1. The Morgan fingerprint density at radius 3 is 2.28 bits per heavy atom. The molecule has 3 aromatic carbocycles. The van der Waals surface area contributed by atoms with Crippen LogP contribution in [0.25, 0.3) is 0 Å². The second kappa shape index (κ2) is 7.73. The fourth-order valence-electron chi connectivity index (χ4n) is 2.19. The molecule has 0 aromatic heterocycles. The molecular formula is C20H15ClO4. The molecule has 0 spiro atoms. The maximum Gasteiger partial charge on any atom is 0.335 e. The van der Waals surface area contributed by atoms with Crippen LogP contribution in [0.1, 0.15) is 15.9 Å². The molecule has 0 atom stereocenters. The van der Waals surface area contributed by atoms with Gasteiger partial charge in [0.05, 0.1) is 10.6 Å². The predicted molar refractivity (Wildman–Crippen MR) is 95.7 cm³/mol. The Bertz CT molecular complexity index is 861. The highest BCUT2D eigenvalue weighted by Gasteiger charge is 2.07. The lowest BCUT2D eigenvalue weighted by Crippen LogP contribution is -1.97. The summed E-state index contributed by atoms with van der Waals surface area (Å²) in [6.45, 7) is 0.400. The van der Waals surface area contributed by atoms with Gasteiger partial charge in [-0.25, -0.2) is 4.79 Å². The zero-order chi connectivity index (χ0) is 17.6. The predicted octanol–water partition coefficient (Wildman–Crippen LogP) is 5.41. The summed E-state index contributed by atoms with van der Waals surface area (Å²) >= 11 is 6.18. The highest BCUT2D eigenvalue weighted by molar-refractivity contribution is 6.32. The van der Waals surface area contributed by atoms with Gasteiger partial charge < -0.3 is 14.6 Å². The summed E-state index contributed by atoms with van der Waals surface area (Å²) in [5.41, 5.74) is 1.24. The summed E-state index contributed by atoms with van der Waals surface area (Å²) in [4.78, 5) is 10.9. The molecule has 0 amide bonds. The van der Waals surface area contributed by atoms with Crippen molar-refractivity contribution in [1.29, 1.82) is 0 Å². The van der Waals surface area contributed by atoms with E-state index in [0.29, 0.717) is 28.9 Å². The van der Waals surface area contributed by atoms with Crippen molar-refractivity contribution in [1.82, 2.24) is 0 Å². The van der Waals surface area contributed by atoms with E-state index in [1.165, 1.54) is 12.1 Å². The first-order valence-electron chi connectivity index (χ1n) is 7.59. The first-order valence-corrected chi connectivity index (χ1v) is 7.97. The van der Waals surface area contributed by atoms with Crippen molar-refractivity contribution in [3.8, 4) is 17.2 Å². The molecule has 1 N–H and O–H groups in total. The molecule has 126 valence electrons. The molecule has 0 saturated heterocycles. The number of rotatable bonds is 6. The molecule has 0 saturated carbocycles. The first kappa shape index (κ1) is 16.9. The van der Waals surface area contributed by atoms with Crippen LogP contribution in [0.5, 0.6) is 17.2 Å². The van der Waals surface area contributed by atoms with Crippen LogP contribution in [-0.4, -0.2) is 11.1 Å². The molecule has 5 heteroatoms. The zero-order valence-electron chi connectivity index (χ0n) is 13.2. The van der Waals surface area contributed by atoms with Gasteiger partial charge in [-0.1, -0.05) is 41.9 Å². The van der Waals surface area contributed by atoms with Gasteiger partial charge in [0.15, 0.2) is 0 Å². The summed E-state index contributed by atoms with van der Waals surface area (Å²) in [6, 6.07) is 21.1. The summed E-state index contributed by atoms with van der Waals surface area (Å²) in [6.07, 6.45) is 0. The maximum atomic E-state index is 10.9. The van der Waals surface area contributed by atoms with E-state index in [-0.39, 0.29) is 5.56 Å². The van der Waals surface area contributed by atoms with Crippen molar-refractivity contribution in [3.05, 3.63) is 88.9 Å². The van der Waals surface area contributed by atoms with Gasteiger partial charge in [0.25, 0.3) is 0 Å². The lowest BCUT2D eigenvalue weighted by molar-refractivity contribution is 0.0697. The van der Waals surface area contributed by atoms with Crippen LogP contribution in [0.2, 0.25) is 5.02 Å². The van der Waals surface area contributed by atoms with Gasteiger partial charge in [-0.2, -0.15) is 0 Å². The highest BCUT2D eigenvalue weighted by atomic mass is 35.5. The van der Waals surface area contributed by atoms with Crippen LogP contribution in [0.4, 0.5) is 0 Å². The molecule has 3 aromatic rings. The largest absolute Gasteiger partial charge is 0.487 e. The third-order valence-electron chi connectivity index (χ3n) is 3.48. The molecule has 0 bridgehead atoms. The van der Waals surface area contributed by atoms with Crippen molar-refractivity contribution in [2.75, 3.05) is 0 Å². The molecule has 25 heavy (non-hydrogen) atoms. The van der Waals surface area contributed by atoms with Gasteiger partial charge in [0.2, 0.25) is 0 Å². The van der Waals surface area contributed by atoms with Gasteiger partial charge >= 0.3 is 5.97 Å². The fourth-order valence-corrected chi connectivity index (χ4v) is 2.37. The van der Waals surface area contributed by atoms with Crippen molar-refractivity contribution in [2.45, 2.75) is 6.61 Å². The van der Waals surface area contributed by atoms with Crippen LogP contribution in [0.3, 0.4) is 0 Å². The van der Waals surface area contributed by atoms with E-state index in [1.54, 1.807) is 30.3 Å². The number of benzene rings is 3. The monoisotopic (exact) mass is 354 g/mol. The van der Waals surface area contributed by atoms with Gasteiger partial charge in [0, 0.05) is 6.07 Å². The molecule has 0 heterocycles. The van der Waals surface area contributed by atoms with E-state index in [1.807, 2.05) is 30.3 Å². The fraction of sp³-hybridized carbons (Fsp3) is 0.0500. The molecule has 0 radical (unpaired) electrons. The van der Waals surface area contributed by atoms with E-state index < -0.39 is 5.97 Å². The van der Waals surface area contributed by atoms with E-state index in [0.717, 1.165) is 5.56 Å². The standard InChI is InChI=1S/C20H15ClO4/c21-18-11-10-17(25-16-8-6-15(7-9-16)20(22)23)12-19(18)24-13-14-4-2-1-3-5-14/h1-12H,13H2,(H,22,23). The molecular weight excluding hydrogens is 340 g/mol. The van der Waals surface area contributed by atoms with E-state index in [2.05, 4.69) is 0 Å². The normalized spacial score (nSPS) is 10.3. The number of carboxylic acids is 1. The number of halogens is 1. The third kappa shape index (κ3) is 4.52. The number of carboxylic acid groups (broad SMARTS) is 1. The Hall–Kier alpha value is -2.98. The minimum Gasteiger partial charge on any atom is -0.487 e. The highest BCUT2D eigenvalue weighted by Crippen LogP contribution is 2.32. The number of carbonyl (C=O) groups is 1. The Morgan fingerprint density at radius 2 is 1.60 bits per heavy atom. The Labute approximate surface area is 150 Å². The Kier molecular flexibility index (Phi) is 5.21. The minimum absolute atomic E-state index is 0.204. The molecule has 0 unspecified atom stereocenters. The van der Waals surface area contributed by atoms with Crippen LogP contribution < -0.4 is 9.47 Å². The van der Waals surface area contributed by atoms with Crippen molar-refractivity contribution in [2.24, 2.45) is 0 Å². The first-order chi connectivity index (χ1) is 12.1. The van der Waals surface area contributed by atoms with E-state index >= 15 is 0 Å². The lowest BCUT2D eigenvalue weighted by Gasteiger charge is -2.11. The zero-order valence-corrected chi connectivity index (χ0v) is 13.9. The number of hydrogen-bond acceptors (Lipinski definition) is 3. The van der Waals surface area contributed by atoms with Gasteiger partial charge in [-0.3, -0.25) is 0 Å². The quantitative estimate of drug-likeness (QED) is 0.643. The van der Waals surface area contributed by atoms with Crippen LogP contribution >= 0.6 is 11.6 Å². The molecule has 0 aliphatic heterocycles.